The van der Waals surface area contributed by atoms with E-state index in [0.717, 1.165) is 0 Å². The van der Waals surface area contributed by atoms with Gasteiger partial charge in [0, 0.05) is 7.05 Å². The first-order valence-corrected chi connectivity index (χ1v) is 3.47. The van der Waals surface area contributed by atoms with Crippen LogP contribution in [0.5, 0.6) is 0 Å². The summed E-state index contributed by atoms with van der Waals surface area (Å²) in [6.07, 6.45) is 0. The lowest BCUT2D eigenvalue weighted by atomic mass is 10.3. The van der Waals surface area contributed by atoms with E-state index in [1.807, 2.05) is 0 Å². The summed E-state index contributed by atoms with van der Waals surface area (Å²) < 4.78 is 12.6. The molecule has 5 heteroatoms. The van der Waals surface area contributed by atoms with E-state index < -0.39 is 5.95 Å². The molecular formula is C7H7FN4. The molecule has 0 aromatic carbocycles. The Kier molecular flexibility index (Phi) is 1.43. The number of rotatable bonds is 1. The second-order valence-electron chi connectivity index (χ2n) is 2.43. The molecule has 0 fully saturated rings. The minimum absolute atomic E-state index is 0.494. The number of nitrogens with zero attached hydrogens (tertiary/aromatic N) is 3. The summed E-state index contributed by atoms with van der Waals surface area (Å²) in [4.78, 5) is 5.17. The second kappa shape index (κ2) is 2.44. The van der Waals surface area contributed by atoms with E-state index in [-0.39, 0.29) is 0 Å². The molecule has 0 saturated carbocycles. The van der Waals surface area contributed by atoms with E-state index in [4.69, 9.17) is 0 Å². The normalized spacial score (nSPS) is 10.5. The van der Waals surface area contributed by atoms with E-state index in [1.165, 1.54) is 10.9 Å². The molecule has 0 amide bonds. The van der Waals surface area contributed by atoms with Gasteiger partial charge in [0.15, 0.2) is 5.82 Å². The molecule has 0 radical (unpaired) electrons. The van der Waals surface area contributed by atoms with Gasteiger partial charge in [-0.3, -0.25) is 5.10 Å². The van der Waals surface area contributed by atoms with Gasteiger partial charge in [0.1, 0.15) is 5.69 Å². The number of H-pyrrole nitrogens is 1. The van der Waals surface area contributed by atoms with Crippen LogP contribution < -0.4 is 0 Å². The summed E-state index contributed by atoms with van der Waals surface area (Å²) in [5.41, 5.74) is 0.521. The van der Waals surface area contributed by atoms with Gasteiger partial charge in [-0.25, -0.2) is 9.78 Å². The molecule has 0 saturated heterocycles. The van der Waals surface area contributed by atoms with Gasteiger partial charge in [-0.2, -0.15) is 4.39 Å². The predicted molar refractivity (Wildman–Crippen MR) is 40.7 cm³/mol. The minimum Gasteiger partial charge on any atom is -0.262 e. The van der Waals surface area contributed by atoms with Crippen molar-refractivity contribution in [3.05, 3.63) is 24.1 Å². The molecule has 4 nitrogen and oxygen atoms in total. The zero-order valence-corrected chi connectivity index (χ0v) is 6.45. The van der Waals surface area contributed by atoms with Crippen LogP contribution in [0, 0.1) is 5.95 Å². The maximum absolute atomic E-state index is 12.6. The number of aryl methyl sites for hydroxylation is 1. The average Bonchev–Trinajstić information content (AvgIpc) is 1.99. The molecule has 2 aromatic heterocycles. The van der Waals surface area contributed by atoms with Crippen molar-refractivity contribution in [1.29, 1.82) is 0 Å². The zero-order valence-electron chi connectivity index (χ0n) is 6.45. The maximum atomic E-state index is 12.6. The van der Waals surface area contributed by atoms with E-state index in [1.54, 1.807) is 19.2 Å². The van der Waals surface area contributed by atoms with E-state index in [9.17, 15) is 4.39 Å². The molecule has 0 spiro atoms. The topological polar surface area (TPSA) is 46.5 Å². The lowest BCUT2D eigenvalue weighted by Gasteiger charge is -2.07. The number of nitrogens with one attached hydrogen (secondary N) is 1. The quantitative estimate of drug-likeness (QED) is 0.641. The maximum Gasteiger partial charge on any atom is 0.213 e. The van der Waals surface area contributed by atoms with E-state index >= 15 is 0 Å². The van der Waals surface area contributed by atoms with Gasteiger partial charge in [-0.1, -0.05) is 6.07 Å². The van der Waals surface area contributed by atoms with Gasteiger partial charge in [-0.15, -0.1) is 5.10 Å². The first-order chi connectivity index (χ1) is 5.75. The van der Waals surface area contributed by atoms with Crippen LogP contribution in [-0.4, -0.2) is 20.0 Å². The molecule has 0 unspecified atom stereocenters. The highest BCUT2D eigenvalue weighted by Gasteiger charge is 2.05. The fourth-order valence-electron chi connectivity index (χ4n) is 0.955. The fourth-order valence-corrected chi connectivity index (χ4v) is 0.955. The lowest BCUT2D eigenvalue weighted by molar-refractivity contribution is 0.547. The van der Waals surface area contributed by atoms with Crippen molar-refractivity contribution in [1.82, 2.24) is 20.0 Å². The Bertz CT molecular complexity index is 378. The summed E-state index contributed by atoms with van der Waals surface area (Å²) in [6, 6.07) is 4.59. The van der Waals surface area contributed by atoms with Gasteiger partial charge < -0.3 is 0 Å². The van der Waals surface area contributed by atoms with Crippen LogP contribution in [0.25, 0.3) is 11.5 Å². The molecule has 0 atom stereocenters. The molecule has 12 heavy (non-hydrogen) atoms. The molecule has 62 valence electrons. The third-order valence-electron chi connectivity index (χ3n) is 1.48. The van der Waals surface area contributed by atoms with Crippen molar-refractivity contribution in [2.24, 2.45) is 7.05 Å². The fraction of sp³-hybridized carbons (Fsp3) is 0.143. The molecule has 0 bridgehead atoms. The molecule has 1 N–H and O–H groups in total. The van der Waals surface area contributed by atoms with Crippen LogP contribution in [0.4, 0.5) is 4.39 Å². The third kappa shape index (κ3) is 1.09. The van der Waals surface area contributed by atoms with Gasteiger partial charge in [0.25, 0.3) is 0 Å². The van der Waals surface area contributed by atoms with Crippen molar-refractivity contribution in [2.45, 2.75) is 0 Å². The summed E-state index contributed by atoms with van der Waals surface area (Å²) in [7, 11) is 1.75. The van der Waals surface area contributed by atoms with Gasteiger partial charge in [-0.05, 0) is 12.1 Å². The minimum atomic E-state index is -0.494. The largest absolute Gasteiger partial charge is 0.262 e. The Labute approximate surface area is 68.0 Å². The van der Waals surface area contributed by atoms with E-state index in [0.29, 0.717) is 11.5 Å². The van der Waals surface area contributed by atoms with Crippen LogP contribution in [0.1, 0.15) is 0 Å². The average molecular weight is 166 g/mol. The predicted octanol–water partition coefficient (Wildman–Crippen LogP) is 0.949. The highest BCUT2D eigenvalue weighted by molar-refractivity contribution is 5.47. The van der Waals surface area contributed by atoms with Crippen LogP contribution >= 0.6 is 0 Å². The van der Waals surface area contributed by atoms with Crippen LogP contribution in [0.3, 0.4) is 0 Å². The first kappa shape index (κ1) is 7.02. The number of aromatic nitrogens is 4. The van der Waals surface area contributed by atoms with E-state index in [2.05, 4.69) is 15.2 Å². The van der Waals surface area contributed by atoms with Gasteiger partial charge >= 0.3 is 0 Å². The third-order valence-corrected chi connectivity index (χ3v) is 1.48. The second-order valence-corrected chi connectivity index (χ2v) is 2.43. The molecule has 0 aliphatic heterocycles. The highest BCUT2D eigenvalue weighted by atomic mass is 19.1. The van der Waals surface area contributed by atoms with Gasteiger partial charge in [0.2, 0.25) is 5.95 Å². The summed E-state index contributed by atoms with van der Waals surface area (Å²) in [5.74, 6) is 0.101. The molecule has 0 aliphatic rings. The van der Waals surface area contributed by atoms with Crippen LogP contribution in [0.2, 0.25) is 0 Å². The number of hydrogen-bond donors (Lipinski definition) is 1. The Morgan fingerprint density at radius 2 is 2.25 bits per heavy atom. The summed E-state index contributed by atoms with van der Waals surface area (Å²) >= 11 is 0. The monoisotopic (exact) mass is 166 g/mol. The number of halogens is 1. The number of hydrogen-bond acceptors (Lipinski definition) is 2. The van der Waals surface area contributed by atoms with Crippen molar-refractivity contribution < 1.29 is 4.39 Å². The summed E-state index contributed by atoms with van der Waals surface area (Å²) in [6.45, 7) is 0. The van der Waals surface area contributed by atoms with Crippen molar-refractivity contribution in [3.63, 3.8) is 0 Å². The Morgan fingerprint density at radius 3 is 2.83 bits per heavy atom. The molecule has 2 aromatic rings. The van der Waals surface area contributed by atoms with Crippen molar-refractivity contribution in [3.8, 4) is 11.5 Å². The Balaban J connectivity index is 2.38. The molecule has 2 rings (SSSR count). The van der Waals surface area contributed by atoms with Gasteiger partial charge in [0.05, 0.1) is 0 Å². The molecular weight excluding hydrogens is 159 g/mol. The van der Waals surface area contributed by atoms with Crippen LogP contribution in [0.15, 0.2) is 18.2 Å². The smallest absolute Gasteiger partial charge is 0.213 e. The highest BCUT2D eigenvalue weighted by Crippen LogP contribution is 2.10. The lowest BCUT2D eigenvalue weighted by Crippen LogP contribution is -2.12. The number of pyridine rings is 1. The molecule has 0 aliphatic carbocycles. The first-order valence-electron chi connectivity index (χ1n) is 3.47. The zero-order chi connectivity index (χ0) is 8.55. The summed E-state index contributed by atoms with van der Waals surface area (Å²) in [5, 5.41) is 6.78. The Hall–Kier alpha value is -1.65. The van der Waals surface area contributed by atoms with Crippen molar-refractivity contribution in [2.75, 3.05) is 0 Å². The van der Waals surface area contributed by atoms with Crippen molar-refractivity contribution >= 4 is 0 Å². The van der Waals surface area contributed by atoms with Crippen LogP contribution in [-0.2, 0) is 7.05 Å². The SMILES string of the molecule is Cn1nc(-c2cccc(F)n2)[nH]1. The Morgan fingerprint density at radius 1 is 1.50 bits per heavy atom. The number of aromatic amines is 1. The molecule has 2 heterocycles. The standard InChI is InChI=1S/C7H7FN4/c1-12-10-7(11-12)5-3-2-4-6(8)9-5/h2-4H,1H3,(H,10,11).